The van der Waals surface area contributed by atoms with Crippen molar-refractivity contribution in [1.29, 1.82) is 0 Å². The summed E-state index contributed by atoms with van der Waals surface area (Å²) in [6, 6.07) is 24.6. The summed E-state index contributed by atoms with van der Waals surface area (Å²) in [5.41, 5.74) is 1.99. The molecule has 2 aliphatic rings. The van der Waals surface area contributed by atoms with Crippen molar-refractivity contribution in [3.63, 3.8) is 0 Å². The lowest BCUT2D eigenvalue weighted by atomic mass is 9.91. The number of Topliss-reactive ketones (excluding diaryl/α,β-unsaturated/α-hetero) is 1. The van der Waals surface area contributed by atoms with Crippen molar-refractivity contribution in [3.8, 4) is 11.5 Å². The molecule has 0 radical (unpaired) electrons. The number of fused-ring (bicyclic) bond motifs is 2. The average Bonchev–Trinajstić information content (AvgIpc) is 3.54. The van der Waals surface area contributed by atoms with Crippen LogP contribution in [0, 0.1) is 0 Å². The van der Waals surface area contributed by atoms with E-state index in [-0.39, 0.29) is 35.1 Å². The van der Waals surface area contributed by atoms with Gasteiger partial charge in [-0.25, -0.2) is 0 Å². The molecule has 0 saturated heterocycles. The minimum absolute atomic E-state index is 0.0824. The fourth-order valence-corrected chi connectivity index (χ4v) is 6.54. The molecule has 9 nitrogen and oxygen atoms in total. The summed E-state index contributed by atoms with van der Waals surface area (Å²) in [6.45, 7) is 5.01. The van der Waals surface area contributed by atoms with E-state index in [1.165, 1.54) is 0 Å². The number of benzene rings is 4. The number of imide groups is 2. The lowest BCUT2D eigenvalue weighted by molar-refractivity contribution is -0.126. The largest absolute Gasteiger partial charge is 0.493 e. The van der Waals surface area contributed by atoms with Gasteiger partial charge in [0.25, 0.3) is 23.6 Å². The second-order valence-corrected chi connectivity index (χ2v) is 12.5. The summed E-state index contributed by atoms with van der Waals surface area (Å²) >= 11 is 0. The molecule has 0 spiro atoms. The van der Waals surface area contributed by atoms with Crippen LogP contribution in [0.3, 0.4) is 0 Å². The smallest absolute Gasteiger partial charge is 0.262 e. The van der Waals surface area contributed by atoms with Gasteiger partial charge >= 0.3 is 0 Å². The molecule has 0 aromatic heterocycles. The van der Waals surface area contributed by atoms with Gasteiger partial charge in [-0.3, -0.25) is 33.8 Å². The number of ketones is 1. The number of nitrogens with zero attached hydrogens (tertiary/aromatic N) is 2. The molecule has 2 aliphatic heterocycles. The summed E-state index contributed by atoms with van der Waals surface area (Å²) in [6.07, 6.45) is 3.31. The second kappa shape index (κ2) is 15.3. The van der Waals surface area contributed by atoms with Crippen LogP contribution in [0.25, 0.3) is 0 Å². The van der Waals surface area contributed by atoms with Gasteiger partial charge in [0.1, 0.15) is 23.6 Å². The quantitative estimate of drug-likeness (QED) is 0.0959. The number of rotatable bonds is 16. The van der Waals surface area contributed by atoms with Crippen molar-refractivity contribution in [2.24, 2.45) is 0 Å². The van der Waals surface area contributed by atoms with E-state index in [1.807, 2.05) is 12.1 Å². The molecule has 4 aromatic carbocycles. The zero-order valence-electron chi connectivity index (χ0n) is 28.3. The van der Waals surface area contributed by atoms with Gasteiger partial charge in [0.05, 0.1) is 35.5 Å². The number of hydrogen-bond donors (Lipinski definition) is 0. The molecule has 256 valence electrons. The van der Waals surface area contributed by atoms with E-state index in [0.717, 1.165) is 35.5 Å². The Labute approximate surface area is 291 Å². The molecule has 0 bridgehead atoms. The molecule has 50 heavy (non-hydrogen) atoms. The molecule has 0 N–H and O–H groups in total. The van der Waals surface area contributed by atoms with Crippen molar-refractivity contribution in [2.45, 2.75) is 64.5 Å². The molecule has 4 amide bonds. The number of carbonyl (C=O) groups is 5. The number of hydrogen-bond acceptors (Lipinski definition) is 7. The van der Waals surface area contributed by atoms with Crippen LogP contribution in [0.1, 0.15) is 92.1 Å². The van der Waals surface area contributed by atoms with E-state index in [1.54, 1.807) is 84.9 Å². The van der Waals surface area contributed by atoms with E-state index < -0.39 is 41.5 Å². The maximum Gasteiger partial charge on any atom is 0.262 e. The van der Waals surface area contributed by atoms with Gasteiger partial charge in [-0.05, 0) is 60.4 Å². The lowest BCUT2D eigenvalue weighted by Gasteiger charge is -2.33. The zero-order valence-corrected chi connectivity index (χ0v) is 28.3. The van der Waals surface area contributed by atoms with Crippen molar-refractivity contribution < 1.29 is 33.4 Å². The minimum Gasteiger partial charge on any atom is -0.493 e. The Balaban J connectivity index is 1.46. The van der Waals surface area contributed by atoms with Crippen molar-refractivity contribution >= 4 is 29.4 Å². The van der Waals surface area contributed by atoms with Gasteiger partial charge in [-0.1, -0.05) is 87.4 Å². The van der Waals surface area contributed by atoms with Crippen LogP contribution in [0.15, 0.2) is 97.1 Å². The standard InChI is InChI=1S/C41H40N2O7/c1-3-5-23-49-35-21-13-7-15-27(35)25-33(42-38(45)29-17-9-10-18-30(29)39(42)46)37(44)34(26-28-16-8-14-22-36(28)50-24-6-4-2)43-40(47)31-19-11-12-20-32(31)41(43)48/h7-22,33-34H,3-6,23-26H2,1-2H3/t33-,34-/m0/s1. The fourth-order valence-electron chi connectivity index (χ4n) is 6.54. The average molecular weight is 673 g/mol. The summed E-state index contributed by atoms with van der Waals surface area (Å²) < 4.78 is 12.2. The molecule has 0 saturated carbocycles. The molecule has 0 unspecified atom stereocenters. The highest BCUT2D eigenvalue weighted by atomic mass is 16.5. The third kappa shape index (κ3) is 6.68. The molecule has 2 atom stereocenters. The zero-order chi connectivity index (χ0) is 35.2. The monoisotopic (exact) mass is 672 g/mol. The molecule has 0 fully saturated rings. The molecule has 9 heteroatoms. The topological polar surface area (TPSA) is 110 Å². The van der Waals surface area contributed by atoms with Crippen LogP contribution < -0.4 is 9.47 Å². The van der Waals surface area contributed by atoms with Gasteiger partial charge in [-0.2, -0.15) is 0 Å². The van der Waals surface area contributed by atoms with E-state index in [4.69, 9.17) is 9.47 Å². The van der Waals surface area contributed by atoms with Gasteiger partial charge in [0.2, 0.25) is 0 Å². The molecule has 0 aliphatic carbocycles. The van der Waals surface area contributed by atoms with Gasteiger partial charge in [0.15, 0.2) is 5.78 Å². The van der Waals surface area contributed by atoms with Gasteiger partial charge < -0.3 is 9.47 Å². The van der Waals surface area contributed by atoms with Crippen LogP contribution >= 0.6 is 0 Å². The Kier molecular flexibility index (Phi) is 10.5. The van der Waals surface area contributed by atoms with Crippen molar-refractivity contribution in [2.75, 3.05) is 13.2 Å². The number of unbranched alkanes of at least 4 members (excludes halogenated alkanes) is 2. The SMILES string of the molecule is CCCCOc1ccccc1C[C@@H](C(=O)[C@H](Cc1ccccc1OCCCC)N1C(=O)c2ccccc2C1=O)N1C(=O)c2ccccc2C1=O. The summed E-state index contributed by atoms with van der Waals surface area (Å²) in [5, 5.41) is 0. The lowest BCUT2D eigenvalue weighted by Crippen LogP contribution is -2.56. The summed E-state index contributed by atoms with van der Waals surface area (Å²) in [7, 11) is 0. The highest BCUT2D eigenvalue weighted by molar-refractivity contribution is 6.25. The first kappa shape index (κ1) is 34.3. The van der Waals surface area contributed by atoms with Crippen LogP contribution in [-0.4, -0.2) is 64.5 Å². The second-order valence-electron chi connectivity index (χ2n) is 12.5. The number of amides is 4. The maximum atomic E-state index is 15.3. The van der Waals surface area contributed by atoms with Crippen molar-refractivity contribution in [3.05, 3.63) is 130 Å². The third-order valence-corrected chi connectivity index (χ3v) is 9.21. The fraction of sp³-hybridized carbons (Fsp3) is 0.293. The third-order valence-electron chi connectivity index (χ3n) is 9.21. The van der Waals surface area contributed by atoms with Gasteiger partial charge in [0, 0.05) is 12.8 Å². The molecule has 6 rings (SSSR count). The van der Waals surface area contributed by atoms with E-state index in [2.05, 4.69) is 13.8 Å². The van der Waals surface area contributed by atoms with Gasteiger partial charge in [-0.15, -0.1) is 0 Å². The molecular formula is C41H40N2O7. The maximum absolute atomic E-state index is 15.3. The Hall–Kier alpha value is -5.57. The molecule has 2 heterocycles. The Morgan fingerprint density at radius 1 is 0.520 bits per heavy atom. The predicted octanol–water partition coefficient (Wildman–Crippen LogP) is 6.73. The Morgan fingerprint density at radius 2 is 0.840 bits per heavy atom. The normalized spacial score (nSPS) is 14.8. The van der Waals surface area contributed by atoms with Crippen molar-refractivity contribution in [1.82, 2.24) is 9.80 Å². The molecular weight excluding hydrogens is 632 g/mol. The summed E-state index contributed by atoms with van der Waals surface area (Å²) in [4.78, 5) is 73.3. The number of ether oxygens (including phenoxy) is 2. The van der Waals surface area contributed by atoms with Crippen LogP contribution in [-0.2, 0) is 17.6 Å². The van der Waals surface area contributed by atoms with Crippen LogP contribution in [0.2, 0.25) is 0 Å². The first-order chi connectivity index (χ1) is 24.3. The molecule has 4 aromatic rings. The Bertz CT molecular complexity index is 1730. The highest BCUT2D eigenvalue weighted by Crippen LogP contribution is 2.33. The number of carbonyl (C=O) groups excluding carboxylic acids is 5. The first-order valence-electron chi connectivity index (χ1n) is 17.2. The predicted molar refractivity (Wildman–Crippen MR) is 188 cm³/mol. The van der Waals surface area contributed by atoms with E-state index in [9.17, 15) is 19.2 Å². The van der Waals surface area contributed by atoms with E-state index >= 15 is 4.79 Å². The summed E-state index contributed by atoms with van der Waals surface area (Å²) in [5.74, 6) is -2.02. The Morgan fingerprint density at radius 3 is 1.18 bits per heavy atom. The first-order valence-corrected chi connectivity index (χ1v) is 17.2. The number of para-hydroxylation sites is 2. The van der Waals surface area contributed by atoms with Crippen LogP contribution in [0.5, 0.6) is 11.5 Å². The highest BCUT2D eigenvalue weighted by Gasteiger charge is 2.49. The van der Waals surface area contributed by atoms with E-state index in [0.29, 0.717) is 35.8 Å². The van der Waals surface area contributed by atoms with Crippen LogP contribution in [0.4, 0.5) is 0 Å². The minimum atomic E-state index is -1.37.